The smallest absolute Gasteiger partial charge is 0.267 e. The molecule has 9 heteroatoms. The number of nitrogens with zero attached hydrogens (tertiary/aromatic N) is 2. The Morgan fingerprint density at radius 1 is 1.12 bits per heavy atom. The minimum absolute atomic E-state index is 0.0241. The summed E-state index contributed by atoms with van der Waals surface area (Å²) in [5.41, 5.74) is 1.51. The maximum absolute atomic E-state index is 12.9. The monoisotopic (exact) mass is 376 g/mol. The molecule has 0 atom stereocenters. The van der Waals surface area contributed by atoms with Gasteiger partial charge in [0.1, 0.15) is 17.3 Å². The highest BCUT2D eigenvalue weighted by Crippen LogP contribution is 2.22. The van der Waals surface area contributed by atoms with Crippen molar-refractivity contribution in [2.24, 2.45) is 0 Å². The molecule has 0 radical (unpaired) electrons. The number of nitrogens with one attached hydrogen (secondary N) is 2. The predicted octanol–water partition coefficient (Wildman–Crippen LogP) is 3.24. The van der Waals surface area contributed by atoms with Crippen molar-refractivity contribution in [2.45, 2.75) is 25.3 Å². The summed E-state index contributed by atoms with van der Waals surface area (Å²) < 4.78 is 45.1. The quantitative estimate of drug-likeness (QED) is 0.685. The molecular weight excluding hydrogens is 359 g/mol. The van der Waals surface area contributed by atoms with Gasteiger partial charge in [-0.3, -0.25) is 4.72 Å². The number of hydrogen-bond acceptors (Lipinski definition) is 6. The number of hydrogen-bond donors (Lipinski definition) is 2. The van der Waals surface area contributed by atoms with Gasteiger partial charge in [0.15, 0.2) is 10.7 Å². The molecule has 0 bridgehead atoms. The van der Waals surface area contributed by atoms with Crippen LogP contribution in [0.3, 0.4) is 0 Å². The molecule has 0 aliphatic carbocycles. The minimum Gasteiger partial charge on any atom is -0.366 e. The first-order valence-electron chi connectivity index (χ1n) is 7.75. The lowest BCUT2D eigenvalue weighted by atomic mass is 10.2. The van der Waals surface area contributed by atoms with Crippen LogP contribution in [0.5, 0.6) is 0 Å². The average Bonchev–Trinajstić information content (AvgIpc) is 2.95. The van der Waals surface area contributed by atoms with Crippen molar-refractivity contribution in [1.29, 1.82) is 0 Å². The summed E-state index contributed by atoms with van der Waals surface area (Å²) in [6, 6.07) is 9.36. The topological polar surface area (TPSA) is 97.1 Å². The maximum Gasteiger partial charge on any atom is 0.267 e. The van der Waals surface area contributed by atoms with E-state index in [1.54, 1.807) is 31.2 Å². The molecule has 7 nitrogen and oxygen atoms in total. The summed E-state index contributed by atoms with van der Waals surface area (Å²) in [4.78, 5) is 4.19. The van der Waals surface area contributed by atoms with E-state index in [-0.39, 0.29) is 16.5 Å². The van der Waals surface area contributed by atoms with Gasteiger partial charge in [-0.15, -0.1) is 0 Å². The first-order valence-corrected chi connectivity index (χ1v) is 9.23. The Kier molecular flexibility index (Phi) is 4.90. The SMILES string of the molecule is Cc1noc(C)c1S(=O)(=O)Nc1ccc(NCc2ccc(F)cc2)nc1. The number of sulfonamides is 1. The third-order valence-electron chi connectivity index (χ3n) is 3.64. The molecule has 1 aromatic carbocycles. The third-order valence-corrected chi connectivity index (χ3v) is 5.26. The zero-order valence-corrected chi connectivity index (χ0v) is 15.0. The third kappa shape index (κ3) is 3.99. The van der Waals surface area contributed by atoms with E-state index in [0.29, 0.717) is 23.7 Å². The molecule has 0 aliphatic rings. The fourth-order valence-corrected chi connectivity index (χ4v) is 3.79. The van der Waals surface area contributed by atoms with Crippen LogP contribution >= 0.6 is 0 Å². The van der Waals surface area contributed by atoms with Crippen molar-refractivity contribution >= 4 is 21.5 Å². The Morgan fingerprint density at radius 2 is 1.85 bits per heavy atom. The van der Waals surface area contributed by atoms with E-state index >= 15 is 0 Å². The lowest BCUT2D eigenvalue weighted by molar-refractivity contribution is 0.390. The molecular formula is C17H17FN4O3S. The lowest BCUT2D eigenvalue weighted by Crippen LogP contribution is -2.14. The van der Waals surface area contributed by atoms with Crippen LogP contribution in [0.1, 0.15) is 17.0 Å². The summed E-state index contributed by atoms with van der Waals surface area (Å²) in [5, 5.41) is 6.73. The van der Waals surface area contributed by atoms with Crippen molar-refractivity contribution in [1.82, 2.24) is 10.1 Å². The highest BCUT2D eigenvalue weighted by atomic mass is 32.2. The molecule has 2 N–H and O–H groups in total. The Hall–Kier alpha value is -2.94. The van der Waals surface area contributed by atoms with Gasteiger partial charge in [0.2, 0.25) is 0 Å². The van der Waals surface area contributed by atoms with Gasteiger partial charge < -0.3 is 9.84 Å². The number of halogens is 1. The molecule has 0 aliphatic heterocycles. The highest BCUT2D eigenvalue weighted by Gasteiger charge is 2.24. The molecule has 0 saturated heterocycles. The summed E-state index contributed by atoms with van der Waals surface area (Å²) >= 11 is 0. The van der Waals surface area contributed by atoms with Crippen LogP contribution < -0.4 is 10.0 Å². The van der Waals surface area contributed by atoms with Gasteiger partial charge in [0.05, 0.1) is 11.9 Å². The Morgan fingerprint density at radius 3 is 2.42 bits per heavy atom. The molecule has 2 heterocycles. The average molecular weight is 376 g/mol. The summed E-state index contributed by atoms with van der Waals surface area (Å²) in [7, 11) is -3.81. The predicted molar refractivity (Wildman–Crippen MR) is 94.7 cm³/mol. The van der Waals surface area contributed by atoms with Crippen molar-refractivity contribution in [3.8, 4) is 0 Å². The Labute approximate surface area is 150 Å². The molecule has 0 unspecified atom stereocenters. The van der Waals surface area contributed by atoms with Gasteiger partial charge >= 0.3 is 0 Å². The first kappa shape index (κ1) is 17.9. The van der Waals surface area contributed by atoms with Crippen LogP contribution in [0, 0.1) is 19.7 Å². The number of aryl methyl sites for hydroxylation is 2. The van der Waals surface area contributed by atoms with Crippen LogP contribution in [-0.2, 0) is 16.6 Å². The van der Waals surface area contributed by atoms with Gasteiger partial charge in [0, 0.05) is 6.54 Å². The van der Waals surface area contributed by atoms with E-state index in [4.69, 9.17) is 4.52 Å². The van der Waals surface area contributed by atoms with Crippen LogP contribution in [0.25, 0.3) is 0 Å². The van der Waals surface area contributed by atoms with Crippen LogP contribution in [-0.4, -0.2) is 18.6 Å². The van der Waals surface area contributed by atoms with Gasteiger partial charge in [-0.2, -0.15) is 0 Å². The van der Waals surface area contributed by atoms with E-state index in [2.05, 4.69) is 20.2 Å². The van der Waals surface area contributed by atoms with Crippen molar-refractivity contribution in [3.05, 3.63) is 65.4 Å². The first-order chi connectivity index (χ1) is 12.3. The molecule has 0 amide bonds. The van der Waals surface area contributed by atoms with Crippen LogP contribution in [0.4, 0.5) is 15.9 Å². The van der Waals surface area contributed by atoms with Crippen LogP contribution in [0.15, 0.2) is 52.0 Å². The number of anilines is 2. The minimum atomic E-state index is -3.81. The van der Waals surface area contributed by atoms with E-state index in [1.165, 1.54) is 25.3 Å². The van der Waals surface area contributed by atoms with E-state index in [1.807, 2.05) is 0 Å². The zero-order valence-electron chi connectivity index (χ0n) is 14.2. The number of rotatable bonds is 6. The van der Waals surface area contributed by atoms with E-state index in [0.717, 1.165) is 5.56 Å². The molecule has 0 spiro atoms. The second-order valence-electron chi connectivity index (χ2n) is 5.67. The number of pyridine rings is 1. The largest absolute Gasteiger partial charge is 0.366 e. The highest BCUT2D eigenvalue weighted by molar-refractivity contribution is 7.92. The van der Waals surface area contributed by atoms with Crippen molar-refractivity contribution in [3.63, 3.8) is 0 Å². The normalized spacial score (nSPS) is 11.3. The second-order valence-corrected chi connectivity index (χ2v) is 7.29. The molecule has 136 valence electrons. The van der Waals surface area contributed by atoms with Crippen molar-refractivity contribution in [2.75, 3.05) is 10.0 Å². The molecule has 3 rings (SSSR count). The standard InChI is InChI=1S/C17H17FN4O3S/c1-11-17(12(2)25-21-11)26(23,24)22-15-7-8-16(20-10-15)19-9-13-3-5-14(18)6-4-13/h3-8,10,22H,9H2,1-2H3,(H,19,20). The lowest BCUT2D eigenvalue weighted by Gasteiger charge is -2.09. The maximum atomic E-state index is 12.9. The van der Waals surface area contributed by atoms with Crippen molar-refractivity contribution < 1.29 is 17.3 Å². The fraction of sp³-hybridized carbons (Fsp3) is 0.176. The molecule has 26 heavy (non-hydrogen) atoms. The van der Waals surface area contributed by atoms with E-state index in [9.17, 15) is 12.8 Å². The van der Waals surface area contributed by atoms with Gasteiger partial charge in [0.25, 0.3) is 10.0 Å². The van der Waals surface area contributed by atoms with Gasteiger partial charge in [-0.25, -0.2) is 17.8 Å². The van der Waals surface area contributed by atoms with Gasteiger partial charge in [-0.1, -0.05) is 17.3 Å². The second kappa shape index (κ2) is 7.12. The summed E-state index contributed by atoms with van der Waals surface area (Å²) in [6.07, 6.45) is 1.41. The molecule has 0 saturated carbocycles. The summed E-state index contributed by atoms with van der Waals surface area (Å²) in [6.45, 7) is 3.57. The molecule has 3 aromatic rings. The fourth-order valence-electron chi connectivity index (χ4n) is 2.42. The Balaban J connectivity index is 1.67. The number of benzene rings is 1. The number of aromatic nitrogens is 2. The Bertz CT molecular complexity index is 980. The zero-order chi connectivity index (χ0) is 18.7. The molecule has 0 fully saturated rings. The summed E-state index contributed by atoms with van der Waals surface area (Å²) in [5.74, 6) is 0.497. The van der Waals surface area contributed by atoms with Crippen LogP contribution in [0.2, 0.25) is 0 Å². The van der Waals surface area contributed by atoms with Gasteiger partial charge in [-0.05, 0) is 43.7 Å². The molecule has 2 aromatic heterocycles. The van der Waals surface area contributed by atoms with E-state index < -0.39 is 10.0 Å².